The number of nitrogens with one attached hydrogen (secondary N) is 1. The molecule has 1 N–H and O–H groups in total. The van der Waals surface area contributed by atoms with E-state index in [4.69, 9.17) is 0 Å². The lowest BCUT2D eigenvalue weighted by Gasteiger charge is -2.43. The second kappa shape index (κ2) is 7.27. The van der Waals surface area contributed by atoms with Crippen LogP contribution in [-0.2, 0) is 11.2 Å². The zero-order chi connectivity index (χ0) is 16.3. The van der Waals surface area contributed by atoms with Crippen molar-refractivity contribution in [1.29, 1.82) is 0 Å². The van der Waals surface area contributed by atoms with Crippen LogP contribution in [-0.4, -0.2) is 57.6 Å². The molecule has 1 unspecified atom stereocenters. The lowest BCUT2D eigenvalue weighted by molar-refractivity contribution is -0.134. The zero-order valence-corrected chi connectivity index (χ0v) is 14.6. The summed E-state index contributed by atoms with van der Waals surface area (Å²) in [7, 11) is 0. The van der Waals surface area contributed by atoms with Crippen LogP contribution in [0.15, 0.2) is 0 Å². The number of amides is 1. The van der Waals surface area contributed by atoms with Gasteiger partial charge < -0.3 is 4.90 Å². The summed E-state index contributed by atoms with van der Waals surface area (Å²) in [5, 5.41) is 7.20. The third-order valence-corrected chi connectivity index (χ3v) is 4.89. The fraction of sp³-hybridized carbons (Fsp3) is 0.765. The molecular weight excluding hydrogens is 276 g/mol. The first kappa shape index (κ1) is 17.0. The first-order valence-electron chi connectivity index (χ1n) is 8.48. The smallest absolute Gasteiger partial charge is 0.223 e. The maximum atomic E-state index is 12.5. The first-order chi connectivity index (χ1) is 10.4. The third kappa shape index (κ3) is 3.69. The van der Waals surface area contributed by atoms with Gasteiger partial charge in [-0.3, -0.25) is 14.8 Å². The molecule has 0 radical (unpaired) electrons. The summed E-state index contributed by atoms with van der Waals surface area (Å²) < 4.78 is 0. The van der Waals surface area contributed by atoms with Gasteiger partial charge in [0.15, 0.2) is 0 Å². The van der Waals surface area contributed by atoms with Crippen LogP contribution >= 0.6 is 0 Å². The van der Waals surface area contributed by atoms with Crippen LogP contribution in [0, 0.1) is 13.8 Å². The summed E-state index contributed by atoms with van der Waals surface area (Å²) in [6.07, 6.45) is 2.47. The summed E-state index contributed by atoms with van der Waals surface area (Å²) in [4.78, 5) is 17.1. The van der Waals surface area contributed by atoms with Crippen molar-refractivity contribution in [3.63, 3.8) is 0 Å². The molecule has 1 aromatic rings. The van der Waals surface area contributed by atoms with Gasteiger partial charge in [0, 0.05) is 43.8 Å². The Morgan fingerprint density at radius 3 is 2.64 bits per heavy atom. The quantitative estimate of drug-likeness (QED) is 0.908. The number of H-pyrrole nitrogens is 1. The first-order valence-corrected chi connectivity index (χ1v) is 8.48. The molecule has 1 atom stereocenters. The van der Waals surface area contributed by atoms with E-state index < -0.39 is 0 Å². The summed E-state index contributed by atoms with van der Waals surface area (Å²) in [5.74, 6) is 0.279. The van der Waals surface area contributed by atoms with E-state index in [1.54, 1.807) is 0 Å². The lowest BCUT2D eigenvalue weighted by atomic mass is 10.0. The van der Waals surface area contributed by atoms with Gasteiger partial charge in [-0.05, 0) is 46.1 Å². The second-order valence-electron chi connectivity index (χ2n) is 6.65. The maximum absolute atomic E-state index is 12.5. The molecule has 22 heavy (non-hydrogen) atoms. The second-order valence-corrected chi connectivity index (χ2v) is 6.65. The van der Waals surface area contributed by atoms with Crippen LogP contribution in [0.3, 0.4) is 0 Å². The van der Waals surface area contributed by atoms with Crippen LogP contribution < -0.4 is 0 Å². The molecular formula is C17H30N4O. The van der Waals surface area contributed by atoms with Crippen molar-refractivity contribution in [2.45, 2.75) is 66.0 Å². The SMILES string of the molecule is CCC1CN(C(=O)CCc2c(C)n[nH]c2C)CCN1C(C)C. The lowest BCUT2D eigenvalue weighted by Crippen LogP contribution is -2.56. The fourth-order valence-corrected chi connectivity index (χ4v) is 3.47. The van der Waals surface area contributed by atoms with E-state index in [0.29, 0.717) is 18.5 Å². The Kier molecular flexibility index (Phi) is 5.62. The molecule has 1 amide bonds. The number of aromatic amines is 1. The number of nitrogens with zero attached hydrogens (tertiary/aromatic N) is 3. The van der Waals surface area contributed by atoms with Crippen LogP contribution in [0.25, 0.3) is 0 Å². The topological polar surface area (TPSA) is 52.2 Å². The monoisotopic (exact) mass is 306 g/mol. The van der Waals surface area contributed by atoms with Crippen molar-refractivity contribution in [3.8, 4) is 0 Å². The summed E-state index contributed by atoms with van der Waals surface area (Å²) in [5.41, 5.74) is 3.30. The van der Waals surface area contributed by atoms with E-state index in [1.165, 1.54) is 5.56 Å². The molecule has 124 valence electrons. The van der Waals surface area contributed by atoms with E-state index in [0.717, 1.165) is 43.9 Å². The predicted molar refractivity (Wildman–Crippen MR) is 88.9 cm³/mol. The van der Waals surface area contributed by atoms with Gasteiger partial charge in [0.05, 0.1) is 5.69 Å². The van der Waals surface area contributed by atoms with E-state index in [1.807, 2.05) is 13.8 Å². The standard InChI is InChI=1S/C17H30N4O/c1-6-15-11-20(9-10-21(15)12(2)3)17(22)8-7-16-13(4)18-19-14(16)5/h12,15H,6-11H2,1-5H3,(H,18,19). The van der Waals surface area contributed by atoms with Crippen molar-refractivity contribution in [2.24, 2.45) is 0 Å². The molecule has 2 rings (SSSR count). The molecule has 0 aliphatic carbocycles. The molecule has 5 nitrogen and oxygen atoms in total. The molecule has 1 aliphatic rings. The fourth-order valence-electron chi connectivity index (χ4n) is 3.47. The van der Waals surface area contributed by atoms with Crippen molar-refractivity contribution in [3.05, 3.63) is 17.0 Å². The van der Waals surface area contributed by atoms with Gasteiger partial charge in [-0.1, -0.05) is 6.92 Å². The summed E-state index contributed by atoms with van der Waals surface area (Å²) in [6.45, 7) is 13.4. The Balaban J connectivity index is 1.91. The summed E-state index contributed by atoms with van der Waals surface area (Å²) in [6, 6.07) is 1.05. The van der Waals surface area contributed by atoms with Gasteiger partial charge in [0.1, 0.15) is 0 Å². The van der Waals surface area contributed by atoms with Crippen molar-refractivity contribution in [2.75, 3.05) is 19.6 Å². The van der Waals surface area contributed by atoms with E-state index in [2.05, 4.69) is 40.8 Å². The minimum Gasteiger partial charge on any atom is -0.340 e. The molecule has 1 aromatic heterocycles. The van der Waals surface area contributed by atoms with E-state index in [-0.39, 0.29) is 5.91 Å². The number of rotatable bonds is 5. The number of hydrogen-bond donors (Lipinski definition) is 1. The largest absolute Gasteiger partial charge is 0.340 e. The molecule has 0 saturated carbocycles. The molecule has 5 heteroatoms. The van der Waals surface area contributed by atoms with Crippen molar-refractivity contribution in [1.82, 2.24) is 20.0 Å². The molecule has 1 saturated heterocycles. The normalized spacial score (nSPS) is 19.9. The highest BCUT2D eigenvalue weighted by Gasteiger charge is 2.29. The molecule has 0 bridgehead atoms. The number of carbonyl (C=O) groups is 1. The zero-order valence-electron chi connectivity index (χ0n) is 14.6. The van der Waals surface area contributed by atoms with Gasteiger partial charge in [0.25, 0.3) is 0 Å². The minimum absolute atomic E-state index is 0.279. The Morgan fingerprint density at radius 2 is 2.09 bits per heavy atom. The predicted octanol–water partition coefficient (Wildman–Crippen LogP) is 2.29. The van der Waals surface area contributed by atoms with Crippen LogP contribution in [0.1, 0.15) is 50.6 Å². The van der Waals surface area contributed by atoms with Gasteiger partial charge >= 0.3 is 0 Å². The Morgan fingerprint density at radius 1 is 1.36 bits per heavy atom. The molecule has 1 aliphatic heterocycles. The molecule has 0 aromatic carbocycles. The highest BCUT2D eigenvalue weighted by molar-refractivity contribution is 5.76. The van der Waals surface area contributed by atoms with Crippen LogP contribution in [0.2, 0.25) is 0 Å². The van der Waals surface area contributed by atoms with Gasteiger partial charge in [-0.2, -0.15) is 5.10 Å². The van der Waals surface area contributed by atoms with Gasteiger partial charge in [-0.25, -0.2) is 0 Å². The Labute approximate surface area is 134 Å². The van der Waals surface area contributed by atoms with Gasteiger partial charge in [-0.15, -0.1) is 0 Å². The molecule has 2 heterocycles. The molecule has 1 fully saturated rings. The van der Waals surface area contributed by atoms with Crippen LogP contribution in [0.4, 0.5) is 0 Å². The Hall–Kier alpha value is -1.36. The van der Waals surface area contributed by atoms with Gasteiger partial charge in [0.2, 0.25) is 5.91 Å². The third-order valence-electron chi connectivity index (χ3n) is 4.89. The highest BCUT2D eigenvalue weighted by atomic mass is 16.2. The Bertz CT molecular complexity index is 489. The summed E-state index contributed by atoms with van der Waals surface area (Å²) >= 11 is 0. The maximum Gasteiger partial charge on any atom is 0.223 e. The highest BCUT2D eigenvalue weighted by Crippen LogP contribution is 2.18. The van der Waals surface area contributed by atoms with Crippen LogP contribution in [0.5, 0.6) is 0 Å². The average Bonchev–Trinajstić information content (AvgIpc) is 2.82. The van der Waals surface area contributed by atoms with E-state index >= 15 is 0 Å². The number of hydrogen-bond acceptors (Lipinski definition) is 3. The van der Waals surface area contributed by atoms with E-state index in [9.17, 15) is 4.79 Å². The van der Waals surface area contributed by atoms with Crippen molar-refractivity contribution >= 4 is 5.91 Å². The number of carbonyl (C=O) groups excluding carboxylic acids is 1. The average molecular weight is 306 g/mol. The van der Waals surface area contributed by atoms with Crippen molar-refractivity contribution < 1.29 is 4.79 Å². The number of aromatic nitrogens is 2. The number of piperazine rings is 1. The minimum atomic E-state index is 0.279. The molecule has 0 spiro atoms. The number of aryl methyl sites for hydroxylation is 2.